The molecule has 5 unspecified atom stereocenters. The number of rotatable bonds is 3. The van der Waals surface area contributed by atoms with Crippen LogP contribution in [0.5, 0.6) is 0 Å². The Hall–Kier alpha value is -1.86. The van der Waals surface area contributed by atoms with Gasteiger partial charge in [-0.05, 0) is 42.9 Å². The highest BCUT2D eigenvalue weighted by Crippen LogP contribution is 2.75. The van der Waals surface area contributed by atoms with Crippen LogP contribution in [0.3, 0.4) is 0 Å². The largest absolute Gasteiger partial charge is 0.380 e. The Morgan fingerprint density at radius 3 is 2.17 bits per heavy atom. The molecule has 4 bridgehead atoms. The smallest absolute Gasteiger partial charge is 0.0682 e. The van der Waals surface area contributed by atoms with Crippen molar-refractivity contribution in [3.05, 3.63) is 76.9 Å². The minimum Gasteiger partial charge on any atom is -0.380 e. The normalized spacial score (nSPS) is 35.7. The highest BCUT2D eigenvalue weighted by molar-refractivity contribution is 5.76. The van der Waals surface area contributed by atoms with Crippen LogP contribution in [-0.2, 0) is 10.2 Å². The molecule has 6 rings (SSSR count). The monoisotopic (exact) mass is 316 g/mol. The van der Waals surface area contributed by atoms with Gasteiger partial charge in [-0.3, -0.25) is 0 Å². The molecular formula is C23H24O. The van der Waals surface area contributed by atoms with E-state index in [9.17, 15) is 0 Å². The third-order valence-electron chi connectivity index (χ3n) is 6.75. The van der Waals surface area contributed by atoms with Crippen LogP contribution in [-0.4, -0.2) is 13.2 Å². The lowest BCUT2D eigenvalue weighted by Gasteiger charge is -2.36. The van der Waals surface area contributed by atoms with Crippen LogP contribution < -0.4 is 0 Å². The van der Waals surface area contributed by atoms with E-state index < -0.39 is 0 Å². The molecule has 122 valence electrons. The third kappa shape index (κ3) is 1.74. The Kier molecular flexibility index (Phi) is 2.91. The summed E-state index contributed by atoms with van der Waals surface area (Å²) >= 11 is 0. The van der Waals surface area contributed by atoms with Gasteiger partial charge in [0.05, 0.1) is 6.10 Å². The fourth-order valence-corrected chi connectivity index (χ4v) is 5.57. The zero-order valence-electron chi connectivity index (χ0n) is 14.6. The zero-order chi connectivity index (χ0) is 16.5. The van der Waals surface area contributed by atoms with Gasteiger partial charge in [0.1, 0.15) is 0 Å². The van der Waals surface area contributed by atoms with Gasteiger partial charge in [0.25, 0.3) is 0 Å². The summed E-state index contributed by atoms with van der Waals surface area (Å²) < 4.78 is 6.00. The Morgan fingerprint density at radius 1 is 0.917 bits per heavy atom. The highest BCUT2D eigenvalue weighted by Gasteiger charge is 2.75. The molecule has 2 fully saturated rings. The van der Waals surface area contributed by atoms with E-state index in [-0.39, 0.29) is 5.41 Å². The average molecular weight is 316 g/mol. The quantitative estimate of drug-likeness (QED) is 0.781. The maximum atomic E-state index is 6.00. The summed E-state index contributed by atoms with van der Waals surface area (Å²) in [7, 11) is 1.90. The summed E-state index contributed by atoms with van der Waals surface area (Å²) in [6.07, 6.45) is 4.25. The minimum absolute atomic E-state index is 0.212. The molecule has 0 aliphatic heterocycles. The summed E-state index contributed by atoms with van der Waals surface area (Å²) in [6.45, 7) is 4.32. The van der Waals surface area contributed by atoms with Gasteiger partial charge in [0.2, 0.25) is 0 Å². The SMILES string of the molecule is COC1C2CC3C1C3(c1ccc(C)cc1)C=C2c1ccc(C)cc1. The molecule has 0 heterocycles. The summed E-state index contributed by atoms with van der Waals surface area (Å²) in [5, 5.41) is 0. The van der Waals surface area contributed by atoms with Gasteiger partial charge in [-0.1, -0.05) is 65.7 Å². The zero-order valence-corrected chi connectivity index (χ0v) is 14.6. The van der Waals surface area contributed by atoms with Crippen LogP contribution in [0, 0.1) is 31.6 Å². The van der Waals surface area contributed by atoms with E-state index in [1.165, 1.54) is 34.2 Å². The summed E-state index contributed by atoms with van der Waals surface area (Å²) in [5.41, 5.74) is 7.23. The van der Waals surface area contributed by atoms with E-state index >= 15 is 0 Å². The van der Waals surface area contributed by atoms with E-state index in [1.54, 1.807) is 0 Å². The van der Waals surface area contributed by atoms with Crippen molar-refractivity contribution in [1.29, 1.82) is 0 Å². The molecule has 1 nitrogen and oxygen atoms in total. The Bertz CT molecular complexity index is 814. The number of aryl methyl sites for hydroxylation is 2. The fraction of sp³-hybridized carbons (Fsp3) is 0.391. The van der Waals surface area contributed by atoms with Crippen molar-refractivity contribution in [3.8, 4) is 0 Å². The van der Waals surface area contributed by atoms with Crippen molar-refractivity contribution >= 4 is 5.57 Å². The molecule has 1 heteroatoms. The van der Waals surface area contributed by atoms with E-state index in [0.717, 1.165) is 5.92 Å². The Morgan fingerprint density at radius 2 is 1.54 bits per heavy atom. The first kappa shape index (κ1) is 14.5. The van der Waals surface area contributed by atoms with Gasteiger partial charge in [-0.25, -0.2) is 0 Å². The predicted octanol–water partition coefficient (Wildman–Crippen LogP) is 4.92. The molecule has 4 aliphatic rings. The van der Waals surface area contributed by atoms with E-state index in [1.807, 2.05) is 7.11 Å². The van der Waals surface area contributed by atoms with E-state index in [2.05, 4.69) is 68.5 Å². The highest BCUT2D eigenvalue weighted by atomic mass is 16.5. The van der Waals surface area contributed by atoms with Gasteiger partial charge in [0.15, 0.2) is 0 Å². The van der Waals surface area contributed by atoms with Crippen LogP contribution in [0.15, 0.2) is 54.6 Å². The topological polar surface area (TPSA) is 9.23 Å². The van der Waals surface area contributed by atoms with Gasteiger partial charge in [0, 0.05) is 24.4 Å². The van der Waals surface area contributed by atoms with Crippen molar-refractivity contribution in [3.63, 3.8) is 0 Å². The van der Waals surface area contributed by atoms with Gasteiger partial charge in [-0.2, -0.15) is 0 Å². The van der Waals surface area contributed by atoms with Gasteiger partial charge >= 0.3 is 0 Å². The molecule has 4 aliphatic carbocycles. The van der Waals surface area contributed by atoms with E-state index in [0.29, 0.717) is 17.9 Å². The molecule has 2 aromatic rings. The molecule has 0 N–H and O–H groups in total. The molecule has 5 atom stereocenters. The second kappa shape index (κ2) is 4.83. The first-order valence-electron chi connectivity index (χ1n) is 9.05. The standard InChI is InChI=1S/C23H24O/c1-14-4-8-16(9-5-14)19-13-23(17-10-6-15(2)7-11-17)20-12-18(19)22(24-3)21(20)23/h4-11,13,18,20-22H,12H2,1-3H3. The number of ether oxygens (including phenoxy) is 1. The third-order valence-corrected chi connectivity index (χ3v) is 6.75. The second-order valence-electron chi connectivity index (χ2n) is 7.94. The van der Waals surface area contributed by atoms with E-state index in [4.69, 9.17) is 4.74 Å². The van der Waals surface area contributed by atoms with Crippen LogP contribution in [0.2, 0.25) is 0 Å². The first-order chi connectivity index (χ1) is 11.6. The van der Waals surface area contributed by atoms with Crippen molar-refractivity contribution in [2.75, 3.05) is 7.11 Å². The molecule has 0 aromatic heterocycles. The number of hydrogen-bond donors (Lipinski definition) is 0. The average Bonchev–Trinajstić information content (AvgIpc) is 3.12. The van der Waals surface area contributed by atoms with Crippen molar-refractivity contribution < 1.29 is 4.74 Å². The Labute approximate surface area is 144 Å². The van der Waals surface area contributed by atoms with Crippen LogP contribution >= 0.6 is 0 Å². The van der Waals surface area contributed by atoms with Crippen LogP contribution in [0.4, 0.5) is 0 Å². The molecule has 24 heavy (non-hydrogen) atoms. The summed E-state index contributed by atoms with van der Waals surface area (Å²) in [5.74, 6) is 2.01. The maximum Gasteiger partial charge on any atom is 0.0682 e. The molecule has 0 saturated heterocycles. The van der Waals surface area contributed by atoms with Crippen LogP contribution in [0.25, 0.3) is 5.57 Å². The number of methoxy groups -OCH3 is 1. The lowest BCUT2D eigenvalue weighted by molar-refractivity contribution is 0.0587. The van der Waals surface area contributed by atoms with Crippen LogP contribution in [0.1, 0.15) is 28.7 Å². The maximum absolute atomic E-state index is 6.00. The number of allylic oxidation sites excluding steroid dienone is 1. The summed E-state index contributed by atoms with van der Waals surface area (Å²) in [4.78, 5) is 0. The van der Waals surface area contributed by atoms with Crippen molar-refractivity contribution in [2.45, 2.75) is 31.8 Å². The number of benzene rings is 2. The Balaban J connectivity index is 1.65. The second-order valence-corrected chi connectivity index (χ2v) is 7.94. The molecular weight excluding hydrogens is 292 g/mol. The predicted molar refractivity (Wildman–Crippen MR) is 97.9 cm³/mol. The first-order valence-corrected chi connectivity index (χ1v) is 9.05. The molecule has 0 spiro atoms. The van der Waals surface area contributed by atoms with Gasteiger partial charge in [-0.15, -0.1) is 0 Å². The molecule has 0 radical (unpaired) electrons. The lowest BCUT2D eigenvalue weighted by atomic mass is 9.71. The molecule has 2 saturated carbocycles. The summed E-state index contributed by atoms with van der Waals surface area (Å²) in [6, 6.07) is 18.2. The minimum atomic E-state index is 0.212. The van der Waals surface area contributed by atoms with Crippen molar-refractivity contribution in [1.82, 2.24) is 0 Å². The molecule has 2 aromatic carbocycles. The fourth-order valence-electron chi connectivity index (χ4n) is 5.57. The van der Waals surface area contributed by atoms with Crippen molar-refractivity contribution in [2.24, 2.45) is 17.8 Å². The lowest BCUT2D eigenvalue weighted by Crippen LogP contribution is -2.34. The number of hydrogen-bond acceptors (Lipinski definition) is 1. The molecule has 0 amide bonds. The van der Waals surface area contributed by atoms with Gasteiger partial charge < -0.3 is 4.74 Å².